The number of rotatable bonds is 1. The van der Waals surface area contributed by atoms with E-state index in [1.165, 1.54) is 32.1 Å². The molecule has 1 aliphatic heterocycles. The summed E-state index contributed by atoms with van der Waals surface area (Å²) in [7, 11) is 0. The van der Waals surface area contributed by atoms with Crippen LogP contribution in [0, 0.1) is 23.7 Å². The van der Waals surface area contributed by atoms with Crippen molar-refractivity contribution in [3.8, 4) is 0 Å². The monoisotopic (exact) mass is 248 g/mol. The highest BCUT2D eigenvalue weighted by atomic mass is 16.2. The molecule has 1 atom stereocenters. The van der Waals surface area contributed by atoms with Crippen molar-refractivity contribution in [3.05, 3.63) is 0 Å². The first-order chi connectivity index (χ1) is 8.70. The summed E-state index contributed by atoms with van der Waals surface area (Å²) >= 11 is 0. The molecule has 3 nitrogen and oxygen atoms in total. The predicted molar refractivity (Wildman–Crippen MR) is 69.8 cm³/mol. The van der Waals surface area contributed by atoms with Crippen LogP contribution in [0.25, 0.3) is 0 Å². The van der Waals surface area contributed by atoms with Crippen molar-refractivity contribution in [2.24, 2.45) is 29.4 Å². The lowest BCUT2D eigenvalue weighted by molar-refractivity contribution is -0.147. The molecule has 0 aromatic heterocycles. The van der Waals surface area contributed by atoms with Crippen molar-refractivity contribution in [2.75, 3.05) is 6.54 Å². The van der Waals surface area contributed by atoms with Crippen molar-refractivity contribution >= 4 is 5.91 Å². The van der Waals surface area contributed by atoms with E-state index in [1.54, 1.807) is 0 Å². The normalized spacial score (nSPS) is 50.9. The van der Waals surface area contributed by atoms with Gasteiger partial charge in [0, 0.05) is 25.0 Å². The molecule has 1 heterocycles. The van der Waals surface area contributed by atoms with Crippen LogP contribution in [-0.4, -0.2) is 29.4 Å². The molecule has 5 aliphatic rings. The number of carbonyl (C=O) groups excluding carboxylic acids is 1. The van der Waals surface area contributed by atoms with E-state index < -0.39 is 0 Å². The quantitative estimate of drug-likeness (QED) is 0.768. The molecular formula is C15H24N2O. The van der Waals surface area contributed by atoms with Crippen LogP contribution in [0.3, 0.4) is 0 Å². The Morgan fingerprint density at radius 2 is 1.61 bits per heavy atom. The second kappa shape index (κ2) is 3.96. The van der Waals surface area contributed by atoms with Crippen LogP contribution >= 0.6 is 0 Å². The van der Waals surface area contributed by atoms with Gasteiger partial charge in [-0.1, -0.05) is 0 Å². The van der Waals surface area contributed by atoms with Gasteiger partial charge in [0.05, 0.1) is 0 Å². The van der Waals surface area contributed by atoms with Crippen LogP contribution in [0.2, 0.25) is 0 Å². The van der Waals surface area contributed by atoms with Gasteiger partial charge in [0.1, 0.15) is 0 Å². The Kier molecular flexibility index (Phi) is 2.48. The number of hydrogen-bond acceptors (Lipinski definition) is 2. The molecule has 0 radical (unpaired) electrons. The molecule has 18 heavy (non-hydrogen) atoms. The number of nitrogens with two attached hydrogens (primary N) is 1. The van der Waals surface area contributed by atoms with Crippen molar-refractivity contribution in [1.82, 2.24) is 4.90 Å². The van der Waals surface area contributed by atoms with E-state index in [0.717, 1.165) is 36.6 Å². The van der Waals surface area contributed by atoms with Gasteiger partial charge in [-0.05, 0) is 62.2 Å². The number of carbonyl (C=O) groups is 1. The van der Waals surface area contributed by atoms with Crippen LogP contribution in [0.4, 0.5) is 0 Å². The van der Waals surface area contributed by atoms with Gasteiger partial charge in [-0.3, -0.25) is 4.79 Å². The summed E-state index contributed by atoms with van der Waals surface area (Å²) in [4.78, 5) is 14.5. The maximum atomic E-state index is 12.3. The van der Waals surface area contributed by atoms with Crippen molar-refractivity contribution in [2.45, 2.75) is 57.0 Å². The lowest BCUT2D eigenvalue weighted by atomic mass is 9.53. The predicted octanol–water partition coefficient (Wildman–Crippen LogP) is 1.76. The largest absolute Gasteiger partial charge is 0.339 e. The van der Waals surface area contributed by atoms with Crippen LogP contribution < -0.4 is 5.73 Å². The van der Waals surface area contributed by atoms with Crippen molar-refractivity contribution in [1.29, 1.82) is 0 Å². The fourth-order valence-corrected chi connectivity index (χ4v) is 5.59. The molecule has 5 fully saturated rings. The van der Waals surface area contributed by atoms with E-state index in [9.17, 15) is 4.79 Å². The first-order valence-electron chi connectivity index (χ1n) is 7.75. The first kappa shape index (κ1) is 11.3. The highest BCUT2D eigenvalue weighted by Gasteiger charge is 2.51. The van der Waals surface area contributed by atoms with Crippen molar-refractivity contribution in [3.63, 3.8) is 0 Å². The molecule has 1 saturated heterocycles. The minimum absolute atomic E-state index is 0.116. The summed E-state index contributed by atoms with van der Waals surface area (Å²) in [5.41, 5.74) is 5.91. The van der Waals surface area contributed by atoms with Gasteiger partial charge in [0.15, 0.2) is 0 Å². The molecule has 100 valence electrons. The molecular weight excluding hydrogens is 224 g/mol. The fraction of sp³-hybridized carbons (Fsp3) is 0.933. The zero-order valence-electron chi connectivity index (χ0n) is 11.1. The third-order valence-corrected chi connectivity index (χ3v) is 6.03. The number of nitrogens with zero attached hydrogens (tertiary/aromatic N) is 1. The average molecular weight is 248 g/mol. The molecule has 0 spiro atoms. The zero-order valence-corrected chi connectivity index (χ0v) is 11.1. The van der Waals surface area contributed by atoms with Gasteiger partial charge in [0.2, 0.25) is 5.91 Å². The van der Waals surface area contributed by atoms with Gasteiger partial charge < -0.3 is 10.6 Å². The van der Waals surface area contributed by atoms with Gasteiger partial charge in [-0.2, -0.15) is 0 Å². The second-order valence-electron chi connectivity index (χ2n) is 7.26. The fourth-order valence-electron chi connectivity index (χ4n) is 5.59. The van der Waals surface area contributed by atoms with Crippen LogP contribution in [0.1, 0.15) is 44.9 Å². The Hall–Kier alpha value is -0.570. The molecule has 0 aromatic carbocycles. The Balaban J connectivity index is 1.56. The van der Waals surface area contributed by atoms with Crippen LogP contribution in [-0.2, 0) is 4.79 Å². The van der Waals surface area contributed by atoms with Crippen LogP contribution in [0.15, 0.2) is 0 Å². The average Bonchev–Trinajstić information content (AvgIpc) is 2.30. The second-order valence-corrected chi connectivity index (χ2v) is 7.26. The number of piperidine rings is 1. The minimum atomic E-state index is 0.116. The first-order valence-corrected chi connectivity index (χ1v) is 7.75. The SMILES string of the molecule is NC1CCN(C2C3CC4CC(C3)CC2C4)C(=O)C1. The third kappa shape index (κ3) is 1.63. The van der Waals surface area contributed by atoms with Crippen molar-refractivity contribution < 1.29 is 4.79 Å². The van der Waals surface area contributed by atoms with Gasteiger partial charge in [0.25, 0.3) is 0 Å². The van der Waals surface area contributed by atoms with E-state index in [-0.39, 0.29) is 6.04 Å². The van der Waals surface area contributed by atoms with E-state index in [0.29, 0.717) is 18.4 Å². The molecule has 3 heteroatoms. The van der Waals surface area contributed by atoms with Gasteiger partial charge in [-0.25, -0.2) is 0 Å². The Morgan fingerprint density at radius 3 is 2.17 bits per heavy atom. The topological polar surface area (TPSA) is 46.3 Å². The van der Waals surface area contributed by atoms with E-state index in [1.807, 2.05) is 0 Å². The Bertz CT molecular complexity index is 340. The lowest BCUT2D eigenvalue weighted by Crippen LogP contribution is -2.59. The maximum absolute atomic E-state index is 12.3. The zero-order chi connectivity index (χ0) is 12.3. The number of hydrogen-bond donors (Lipinski definition) is 1. The Labute approximate surface area is 109 Å². The molecule has 2 N–H and O–H groups in total. The minimum Gasteiger partial charge on any atom is -0.339 e. The molecule has 4 saturated carbocycles. The van der Waals surface area contributed by atoms with Crippen LogP contribution in [0.5, 0.6) is 0 Å². The summed E-state index contributed by atoms with van der Waals surface area (Å²) in [6.07, 6.45) is 8.66. The summed E-state index contributed by atoms with van der Waals surface area (Å²) in [5.74, 6) is 3.96. The highest BCUT2D eigenvalue weighted by Crippen LogP contribution is 2.55. The maximum Gasteiger partial charge on any atom is 0.224 e. The van der Waals surface area contributed by atoms with Gasteiger partial charge in [-0.15, -0.1) is 0 Å². The highest BCUT2D eigenvalue weighted by molar-refractivity contribution is 5.78. The summed E-state index contributed by atoms with van der Waals surface area (Å²) in [5, 5.41) is 0. The smallest absolute Gasteiger partial charge is 0.224 e. The summed E-state index contributed by atoms with van der Waals surface area (Å²) in [6.45, 7) is 0.924. The third-order valence-electron chi connectivity index (χ3n) is 6.03. The number of amides is 1. The Morgan fingerprint density at radius 1 is 1.00 bits per heavy atom. The summed E-state index contributed by atoms with van der Waals surface area (Å²) in [6, 6.07) is 0.698. The van der Waals surface area contributed by atoms with E-state index >= 15 is 0 Å². The van der Waals surface area contributed by atoms with E-state index in [4.69, 9.17) is 5.73 Å². The molecule has 4 aliphatic carbocycles. The van der Waals surface area contributed by atoms with E-state index in [2.05, 4.69) is 4.90 Å². The molecule has 5 rings (SSSR count). The molecule has 1 unspecified atom stereocenters. The molecule has 4 bridgehead atoms. The molecule has 0 aromatic rings. The lowest BCUT2D eigenvalue weighted by Gasteiger charge is -2.57. The summed E-state index contributed by atoms with van der Waals surface area (Å²) < 4.78 is 0. The van der Waals surface area contributed by atoms with Gasteiger partial charge >= 0.3 is 0 Å². The standard InChI is InChI=1S/C15H24N2O/c16-13-1-2-17(14(18)8-13)15-11-4-9-3-10(6-11)7-12(15)5-9/h9-13,15H,1-8,16H2. The molecule has 1 amide bonds. The number of likely N-dealkylation sites (tertiary alicyclic amines) is 1.